The summed E-state index contributed by atoms with van der Waals surface area (Å²) in [6.07, 6.45) is 0. The lowest BCUT2D eigenvalue weighted by Crippen LogP contribution is -2.26. The summed E-state index contributed by atoms with van der Waals surface area (Å²) in [5, 5.41) is 8.77. The second kappa shape index (κ2) is 5.01. The van der Waals surface area contributed by atoms with E-state index in [-0.39, 0.29) is 16.7 Å². The minimum Gasteiger partial charge on any atom is -0.260 e. The number of thiocyanates is 1. The third kappa shape index (κ3) is 3.25. The zero-order valence-corrected chi connectivity index (χ0v) is 9.93. The van der Waals surface area contributed by atoms with Crippen molar-refractivity contribution < 1.29 is 13.2 Å². The summed E-state index contributed by atoms with van der Waals surface area (Å²) in [5.41, 5.74) is 0.914. The first-order valence-corrected chi connectivity index (χ1v) is 6.45. The molecule has 7 heteroatoms. The molecule has 0 fully saturated rings. The summed E-state index contributed by atoms with van der Waals surface area (Å²) in [7, 11) is -3.87. The molecule has 0 bridgehead atoms. The number of carbonyl (C=O) groups excluding carboxylic acids is 1. The summed E-state index contributed by atoms with van der Waals surface area (Å²) in [5.74, 6) is 0. The van der Waals surface area contributed by atoms with Crippen molar-refractivity contribution in [1.82, 2.24) is 4.72 Å². The Hall–Kier alpha value is -1.52. The van der Waals surface area contributed by atoms with E-state index in [0.29, 0.717) is 0 Å². The topological polar surface area (TPSA) is 87.0 Å². The Bertz CT molecular complexity index is 529. The third-order valence-corrected chi connectivity index (χ3v) is 3.54. The van der Waals surface area contributed by atoms with Crippen LogP contribution in [0.15, 0.2) is 29.2 Å². The molecule has 0 aliphatic rings. The number of rotatable bonds is 2. The number of thioether (sulfide) groups is 1. The Labute approximate surface area is 97.5 Å². The first-order valence-electron chi connectivity index (χ1n) is 4.15. The fourth-order valence-corrected chi connectivity index (χ4v) is 2.36. The van der Waals surface area contributed by atoms with Crippen LogP contribution in [0, 0.1) is 17.6 Å². The molecule has 1 aromatic carbocycles. The number of nitrogens with one attached hydrogen (secondary N) is 1. The van der Waals surface area contributed by atoms with Gasteiger partial charge in [0.25, 0.3) is 10.0 Å². The van der Waals surface area contributed by atoms with Gasteiger partial charge < -0.3 is 0 Å². The lowest BCUT2D eigenvalue weighted by Gasteiger charge is -2.04. The van der Waals surface area contributed by atoms with Crippen molar-refractivity contribution in [3.8, 4) is 5.40 Å². The van der Waals surface area contributed by atoms with Crippen LogP contribution in [0.4, 0.5) is 4.79 Å². The predicted octanol–water partition coefficient (Wildman–Crippen LogP) is 1.61. The van der Waals surface area contributed by atoms with E-state index in [1.54, 1.807) is 16.9 Å². The van der Waals surface area contributed by atoms with Crippen LogP contribution >= 0.6 is 11.8 Å². The van der Waals surface area contributed by atoms with E-state index in [0.717, 1.165) is 5.56 Å². The molecule has 84 valence electrons. The standard InChI is InChI=1S/C9H8N2O3S2/c1-7-2-4-8(5-3-7)16(13,14)11-9(12)15-6-10/h2-5H,1H3,(H,11,12). The summed E-state index contributed by atoms with van der Waals surface area (Å²) in [6.45, 7) is 1.82. The van der Waals surface area contributed by atoms with Gasteiger partial charge in [0.2, 0.25) is 0 Å². The highest BCUT2D eigenvalue weighted by molar-refractivity contribution is 8.18. The van der Waals surface area contributed by atoms with Crippen molar-refractivity contribution in [3.63, 3.8) is 0 Å². The predicted molar refractivity (Wildman–Crippen MR) is 60.1 cm³/mol. The number of amides is 1. The zero-order chi connectivity index (χ0) is 12.2. The maximum atomic E-state index is 11.6. The van der Waals surface area contributed by atoms with Gasteiger partial charge in [-0.2, -0.15) is 5.26 Å². The van der Waals surface area contributed by atoms with Crippen molar-refractivity contribution >= 4 is 27.0 Å². The highest BCUT2D eigenvalue weighted by Gasteiger charge is 2.17. The number of sulfonamides is 1. The minimum absolute atomic E-state index is 0.00927. The number of benzene rings is 1. The second-order valence-corrected chi connectivity index (χ2v) is 5.34. The maximum absolute atomic E-state index is 11.6. The van der Waals surface area contributed by atoms with Gasteiger partial charge in [0, 0.05) is 0 Å². The smallest absolute Gasteiger partial charge is 0.260 e. The number of nitrogens with zero attached hydrogens (tertiary/aromatic N) is 1. The van der Waals surface area contributed by atoms with Crippen molar-refractivity contribution in [2.75, 3.05) is 0 Å². The average molecular weight is 256 g/mol. The Balaban J connectivity index is 2.91. The van der Waals surface area contributed by atoms with Crippen LogP contribution in [0.1, 0.15) is 5.56 Å². The highest BCUT2D eigenvalue weighted by atomic mass is 32.2. The van der Waals surface area contributed by atoms with Gasteiger partial charge >= 0.3 is 5.24 Å². The van der Waals surface area contributed by atoms with Crippen molar-refractivity contribution in [2.45, 2.75) is 11.8 Å². The number of hydrogen-bond acceptors (Lipinski definition) is 5. The van der Waals surface area contributed by atoms with Crippen molar-refractivity contribution in [2.24, 2.45) is 0 Å². The van der Waals surface area contributed by atoms with Crippen LogP contribution in [-0.2, 0) is 10.0 Å². The molecule has 1 N–H and O–H groups in total. The SMILES string of the molecule is Cc1ccc(S(=O)(=O)NC(=O)SC#N)cc1. The van der Waals surface area contributed by atoms with Crippen molar-refractivity contribution in [1.29, 1.82) is 5.26 Å². The molecule has 0 atom stereocenters. The molecule has 0 radical (unpaired) electrons. The molecule has 0 aliphatic heterocycles. The van der Waals surface area contributed by atoms with E-state index in [2.05, 4.69) is 0 Å². The molecule has 1 rings (SSSR count). The molecule has 0 unspecified atom stereocenters. The summed E-state index contributed by atoms with van der Waals surface area (Å²) < 4.78 is 24.9. The molecule has 0 heterocycles. The lowest BCUT2D eigenvalue weighted by molar-refractivity contribution is 0.265. The molecule has 0 aliphatic carbocycles. The molecule has 0 saturated heterocycles. The normalized spacial score (nSPS) is 10.5. The molecule has 0 spiro atoms. The highest BCUT2D eigenvalue weighted by Crippen LogP contribution is 2.11. The summed E-state index contributed by atoms with van der Waals surface area (Å²) in [6, 6.07) is 6.02. The quantitative estimate of drug-likeness (QED) is 0.812. The van der Waals surface area contributed by atoms with E-state index in [1.165, 1.54) is 17.5 Å². The van der Waals surface area contributed by atoms with E-state index < -0.39 is 15.3 Å². The monoisotopic (exact) mass is 256 g/mol. The lowest BCUT2D eigenvalue weighted by atomic mass is 10.2. The zero-order valence-electron chi connectivity index (χ0n) is 8.30. The molecule has 0 saturated carbocycles. The van der Waals surface area contributed by atoms with Gasteiger partial charge in [-0.25, -0.2) is 13.1 Å². The Morgan fingerprint density at radius 2 is 1.94 bits per heavy atom. The number of nitriles is 1. The molecule has 5 nitrogen and oxygen atoms in total. The molecular weight excluding hydrogens is 248 g/mol. The molecule has 16 heavy (non-hydrogen) atoms. The van der Waals surface area contributed by atoms with Crippen LogP contribution in [0.25, 0.3) is 0 Å². The summed E-state index contributed by atoms with van der Waals surface area (Å²) >= 11 is 0.232. The van der Waals surface area contributed by atoms with E-state index in [4.69, 9.17) is 5.26 Å². The van der Waals surface area contributed by atoms with Gasteiger partial charge in [-0.3, -0.25) is 4.79 Å². The fraction of sp³-hybridized carbons (Fsp3) is 0.111. The molecule has 0 aromatic heterocycles. The van der Waals surface area contributed by atoms with Gasteiger partial charge in [-0.15, -0.1) is 0 Å². The second-order valence-electron chi connectivity index (χ2n) is 2.90. The fourth-order valence-electron chi connectivity index (χ4n) is 0.948. The third-order valence-electron chi connectivity index (χ3n) is 1.69. The van der Waals surface area contributed by atoms with Crippen LogP contribution in [-0.4, -0.2) is 13.7 Å². The Morgan fingerprint density at radius 1 is 1.38 bits per heavy atom. The van der Waals surface area contributed by atoms with Gasteiger partial charge in [0.1, 0.15) is 5.40 Å². The largest absolute Gasteiger partial charge is 0.307 e. The number of aryl methyl sites for hydroxylation is 1. The summed E-state index contributed by atoms with van der Waals surface area (Å²) in [4.78, 5) is 10.9. The van der Waals surface area contributed by atoms with E-state index >= 15 is 0 Å². The molecular formula is C9H8N2O3S2. The average Bonchev–Trinajstić information content (AvgIpc) is 2.17. The van der Waals surface area contributed by atoms with E-state index in [9.17, 15) is 13.2 Å². The molecule has 1 aromatic rings. The first-order chi connectivity index (χ1) is 7.45. The van der Waals surface area contributed by atoms with Gasteiger partial charge in [0.15, 0.2) is 0 Å². The minimum atomic E-state index is -3.87. The van der Waals surface area contributed by atoms with E-state index in [1.807, 2.05) is 6.92 Å². The molecule has 1 amide bonds. The van der Waals surface area contributed by atoms with Crippen molar-refractivity contribution in [3.05, 3.63) is 29.8 Å². The number of hydrogen-bond donors (Lipinski definition) is 1. The van der Waals surface area contributed by atoms with Gasteiger partial charge in [0.05, 0.1) is 16.7 Å². The van der Waals surface area contributed by atoms with Crippen LogP contribution in [0.2, 0.25) is 0 Å². The van der Waals surface area contributed by atoms with Crippen LogP contribution in [0.3, 0.4) is 0 Å². The first kappa shape index (κ1) is 12.5. The maximum Gasteiger partial charge on any atom is 0.307 e. The van der Waals surface area contributed by atoms with Gasteiger partial charge in [-0.1, -0.05) is 17.7 Å². The Morgan fingerprint density at radius 3 is 2.44 bits per heavy atom. The van der Waals surface area contributed by atoms with Crippen LogP contribution in [0.5, 0.6) is 0 Å². The van der Waals surface area contributed by atoms with Crippen LogP contribution < -0.4 is 4.72 Å². The number of carbonyl (C=O) groups is 1. The van der Waals surface area contributed by atoms with Gasteiger partial charge in [-0.05, 0) is 19.1 Å². The Kier molecular flexibility index (Phi) is 3.93.